The second kappa shape index (κ2) is 8.68. The lowest BCUT2D eigenvalue weighted by atomic mass is 9.91. The summed E-state index contributed by atoms with van der Waals surface area (Å²) < 4.78 is 41.8. The van der Waals surface area contributed by atoms with Crippen molar-refractivity contribution in [1.29, 1.82) is 5.26 Å². The third-order valence-electron chi connectivity index (χ3n) is 2.99. The highest BCUT2D eigenvalue weighted by atomic mass is 19.1. The summed E-state index contributed by atoms with van der Waals surface area (Å²) in [5.41, 5.74) is -0.464. The minimum Gasteiger partial charge on any atom is -0.497 e. The van der Waals surface area contributed by atoms with Crippen molar-refractivity contribution in [2.24, 2.45) is 0 Å². The first kappa shape index (κ1) is 18.4. The van der Waals surface area contributed by atoms with Crippen molar-refractivity contribution in [3.8, 4) is 12.0 Å². The molecule has 0 aliphatic carbocycles. The van der Waals surface area contributed by atoms with Gasteiger partial charge in [-0.2, -0.15) is 0 Å². The molecule has 0 aliphatic heterocycles. The second-order valence-corrected chi connectivity index (χ2v) is 4.48. The molecule has 0 saturated heterocycles. The highest BCUT2D eigenvalue weighted by Crippen LogP contribution is 2.32. The summed E-state index contributed by atoms with van der Waals surface area (Å²) in [7, 11) is 1.24. The standard InChI is InChI=1S/C15H15F2NO5/c1-3-22-13(19)4-9(5-14(20)23-8-18)15-11(16)6-10(21-2)7-12(15)17/h6-7,9H,3-5H2,1-2H3. The number of hydrogen-bond donors (Lipinski definition) is 0. The van der Waals surface area contributed by atoms with E-state index in [0.29, 0.717) is 0 Å². The maximum Gasteiger partial charge on any atom is 0.322 e. The predicted molar refractivity (Wildman–Crippen MR) is 73.2 cm³/mol. The summed E-state index contributed by atoms with van der Waals surface area (Å²) in [5, 5.41) is 8.31. The number of ether oxygens (including phenoxy) is 3. The number of benzene rings is 1. The molecular weight excluding hydrogens is 312 g/mol. The summed E-state index contributed by atoms with van der Waals surface area (Å²) in [4.78, 5) is 23.0. The fourth-order valence-corrected chi connectivity index (χ4v) is 2.06. The molecule has 1 unspecified atom stereocenters. The third-order valence-corrected chi connectivity index (χ3v) is 2.99. The molecular formula is C15H15F2NO5. The summed E-state index contributed by atoms with van der Waals surface area (Å²) in [6.45, 7) is 1.66. The van der Waals surface area contributed by atoms with Gasteiger partial charge >= 0.3 is 11.9 Å². The quantitative estimate of drug-likeness (QED) is 0.565. The largest absolute Gasteiger partial charge is 0.497 e. The monoisotopic (exact) mass is 327 g/mol. The first-order valence-electron chi connectivity index (χ1n) is 6.70. The maximum absolute atomic E-state index is 14.1. The minimum atomic E-state index is -1.17. The first-order chi connectivity index (χ1) is 10.9. The van der Waals surface area contributed by atoms with Crippen LogP contribution in [-0.2, 0) is 19.1 Å². The fourth-order valence-electron chi connectivity index (χ4n) is 2.06. The lowest BCUT2D eigenvalue weighted by molar-refractivity contribution is -0.144. The van der Waals surface area contributed by atoms with Crippen LogP contribution in [0.1, 0.15) is 31.2 Å². The van der Waals surface area contributed by atoms with Gasteiger partial charge in [-0.1, -0.05) is 0 Å². The highest BCUT2D eigenvalue weighted by Gasteiger charge is 2.27. The number of methoxy groups -OCH3 is 1. The maximum atomic E-state index is 14.1. The van der Waals surface area contributed by atoms with Crippen molar-refractivity contribution in [3.63, 3.8) is 0 Å². The van der Waals surface area contributed by atoms with Crippen LogP contribution >= 0.6 is 0 Å². The van der Waals surface area contributed by atoms with Crippen LogP contribution in [-0.4, -0.2) is 25.7 Å². The predicted octanol–water partition coefficient (Wildman–Crippen LogP) is 2.42. The van der Waals surface area contributed by atoms with Gasteiger partial charge in [0, 0.05) is 23.6 Å². The average Bonchev–Trinajstić information content (AvgIpc) is 2.46. The van der Waals surface area contributed by atoms with E-state index in [4.69, 9.17) is 14.7 Å². The molecule has 0 aliphatic rings. The lowest BCUT2D eigenvalue weighted by Gasteiger charge is -2.17. The van der Waals surface area contributed by atoms with Crippen molar-refractivity contribution in [3.05, 3.63) is 29.3 Å². The molecule has 0 spiro atoms. The van der Waals surface area contributed by atoms with E-state index in [0.717, 1.165) is 12.1 Å². The third kappa shape index (κ3) is 5.21. The van der Waals surface area contributed by atoms with Gasteiger partial charge in [0.25, 0.3) is 6.26 Å². The van der Waals surface area contributed by atoms with Gasteiger partial charge in [0.2, 0.25) is 0 Å². The number of nitrogens with zero attached hydrogens (tertiary/aromatic N) is 1. The molecule has 0 saturated carbocycles. The van der Waals surface area contributed by atoms with Crippen molar-refractivity contribution < 1.29 is 32.6 Å². The Hall–Kier alpha value is -2.69. The van der Waals surface area contributed by atoms with E-state index in [-0.39, 0.29) is 12.4 Å². The van der Waals surface area contributed by atoms with Gasteiger partial charge in [0.1, 0.15) is 17.4 Å². The van der Waals surface area contributed by atoms with Crippen LogP contribution in [0.2, 0.25) is 0 Å². The number of esters is 2. The van der Waals surface area contributed by atoms with E-state index in [1.807, 2.05) is 0 Å². The summed E-state index contributed by atoms with van der Waals surface area (Å²) in [6.07, 6.45) is 0.192. The van der Waals surface area contributed by atoms with Gasteiger partial charge in [-0.25, -0.2) is 8.78 Å². The molecule has 1 aromatic carbocycles. The molecule has 0 bridgehead atoms. The van der Waals surface area contributed by atoms with Crippen molar-refractivity contribution >= 4 is 11.9 Å². The van der Waals surface area contributed by atoms with Gasteiger partial charge in [0.15, 0.2) is 0 Å². The zero-order valence-corrected chi connectivity index (χ0v) is 12.6. The molecule has 0 heterocycles. The number of carbonyl (C=O) groups is 2. The molecule has 1 atom stereocenters. The van der Waals surface area contributed by atoms with Crippen molar-refractivity contribution in [1.82, 2.24) is 0 Å². The van der Waals surface area contributed by atoms with Gasteiger partial charge < -0.3 is 14.2 Å². The van der Waals surface area contributed by atoms with E-state index in [1.54, 1.807) is 6.92 Å². The highest BCUT2D eigenvalue weighted by molar-refractivity contribution is 5.75. The van der Waals surface area contributed by atoms with E-state index < -0.39 is 47.9 Å². The van der Waals surface area contributed by atoms with Crippen LogP contribution in [0.3, 0.4) is 0 Å². The van der Waals surface area contributed by atoms with E-state index in [2.05, 4.69) is 4.74 Å². The summed E-state index contributed by atoms with van der Waals surface area (Å²) in [6, 6.07) is 1.87. The van der Waals surface area contributed by atoms with Gasteiger partial charge in [0.05, 0.1) is 26.6 Å². The van der Waals surface area contributed by atoms with E-state index >= 15 is 0 Å². The van der Waals surface area contributed by atoms with Gasteiger partial charge in [-0.3, -0.25) is 9.59 Å². The Morgan fingerprint density at radius 1 is 1.22 bits per heavy atom. The topological polar surface area (TPSA) is 85.6 Å². The van der Waals surface area contributed by atoms with Crippen LogP contribution in [0.4, 0.5) is 8.78 Å². The van der Waals surface area contributed by atoms with Gasteiger partial charge in [-0.05, 0) is 6.92 Å². The molecule has 0 fully saturated rings. The summed E-state index contributed by atoms with van der Waals surface area (Å²) >= 11 is 0. The Morgan fingerprint density at radius 3 is 2.26 bits per heavy atom. The molecule has 0 amide bonds. The Labute approximate surface area is 131 Å². The van der Waals surface area contributed by atoms with Crippen LogP contribution in [0.15, 0.2) is 12.1 Å². The van der Waals surface area contributed by atoms with E-state index in [1.165, 1.54) is 13.4 Å². The number of hydrogen-bond acceptors (Lipinski definition) is 6. The van der Waals surface area contributed by atoms with Crippen LogP contribution in [0, 0.1) is 23.2 Å². The molecule has 0 aromatic heterocycles. The number of halogens is 2. The Morgan fingerprint density at radius 2 is 1.78 bits per heavy atom. The molecule has 6 nitrogen and oxygen atoms in total. The Bertz CT molecular complexity index is 604. The molecule has 0 N–H and O–H groups in total. The Balaban J connectivity index is 3.15. The van der Waals surface area contributed by atoms with Crippen LogP contribution in [0.25, 0.3) is 0 Å². The fraction of sp³-hybridized carbons (Fsp3) is 0.400. The van der Waals surface area contributed by atoms with Crippen LogP contribution < -0.4 is 4.74 Å². The lowest BCUT2D eigenvalue weighted by Crippen LogP contribution is -2.17. The smallest absolute Gasteiger partial charge is 0.322 e. The molecule has 1 rings (SSSR count). The minimum absolute atomic E-state index is 0.0433. The average molecular weight is 327 g/mol. The van der Waals surface area contributed by atoms with E-state index in [9.17, 15) is 18.4 Å². The molecule has 0 radical (unpaired) electrons. The first-order valence-corrected chi connectivity index (χ1v) is 6.70. The normalized spacial score (nSPS) is 11.3. The number of carbonyl (C=O) groups excluding carboxylic acids is 2. The zero-order chi connectivity index (χ0) is 17.4. The second-order valence-electron chi connectivity index (χ2n) is 4.48. The number of rotatable bonds is 7. The van der Waals surface area contributed by atoms with Crippen LogP contribution in [0.5, 0.6) is 5.75 Å². The molecule has 23 heavy (non-hydrogen) atoms. The zero-order valence-electron chi connectivity index (χ0n) is 12.6. The SMILES string of the molecule is CCOC(=O)CC(CC(=O)OC#N)c1c(F)cc(OC)cc1F. The van der Waals surface area contributed by atoms with Crippen molar-refractivity contribution in [2.75, 3.05) is 13.7 Å². The van der Waals surface area contributed by atoms with Crippen molar-refractivity contribution in [2.45, 2.75) is 25.7 Å². The molecule has 1 aromatic rings. The number of nitriles is 1. The Kier molecular flexibility index (Phi) is 6.93. The van der Waals surface area contributed by atoms with Gasteiger partial charge in [-0.15, -0.1) is 5.26 Å². The molecule has 124 valence electrons. The summed E-state index contributed by atoms with van der Waals surface area (Å²) in [5.74, 6) is -4.88. The molecule has 8 heteroatoms.